The van der Waals surface area contributed by atoms with Gasteiger partial charge in [-0.1, -0.05) is 28.1 Å². The first kappa shape index (κ1) is 19.2. The minimum atomic E-state index is -0.700. The number of benzene rings is 2. The Labute approximate surface area is 190 Å². The van der Waals surface area contributed by atoms with Crippen LogP contribution in [0.5, 0.6) is 0 Å². The maximum absolute atomic E-state index is 12.8. The van der Waals surface area contributed by atoms with E-state index >= 15 is 0 Å². The summed E-state index contributed by atoms with van der Waals surface area (Å²) in [6, 6.07) is 12.4. The molecule has 0 radical (unpaired) electrons. The number of nitrogens with one attached hydrogen (secondary N) is 1. The predicted molar refractivity (Wildman–Crippen MR) is 124 cm³/mol. The maximum atomic E-state index is 12.8. The molecule has 0 saturated heterocycles. The Morgan fingerprint density at radius 1 is 1.17 bits per heavy atom. The molecule has 0 aliphatic rings. The first-order valence-electron chi connectivity index (χ1n) is 8.75. The highest BCUT2D eigenvalue weighted by Gasteiger charge is 2.16. The highest BCUT2D eigenvalue weighted by atomic mass is 79.9. The van der Waals surface area contributed by atoms with Crippen LogP contribution in [0.2, 0.25) is 0 Å². The van der Waals surface area contributed by atoms with Gasteiger partial charge < -0.3 is 9.73 Å². The molecule has 0 fully saturated rings. The van der Waals surface area contributed by atoms with Gasteiger partial charge in [-0.3, -0.25) is 9.20 Å². The number of rotatable bonds is 3. The summed E-state index contributed by atoms with van der Waals surface area (Å²) >= 11 is 8.32. The lowest BCUT2D eigenvalue weighted by Gasteiger charge is -2.07. The lowest BCUT2D eigenvalue weighted by atomic mass is 10.1. The van der Waals surface area contributed by atoms with E-state index in [-0.39, 0.29) is 5.56 Å². The third-order valence-electron chi connectivity index (χ3n) is 4.51. The molecule has 0 atom stereocenters. The lowest BCUT2D eigenvalue weighted by molar-refractivity contribution is 0.102. The number of aromatic nitrogens is 2. The highest BCUT2D eigenvalue weighted by molar-refractivity contribution is 9.11. The minimum absolute atomic E-state index is 0.0691. The van der Waals surface area contributed by atoms with Crippen molar-refractivity contribution < 1.29 is 9.21 Å². The number of fused-ring (bicyclic) bond motifs is 2. The van der Waals surface area contributed by atoms with Crippen molar-refractivity contribution in [3.63, 3.8) is 0 Å². The normalized spacial score (nSPS) is 11.3. The van der Waals surface area contributed by atoms with Crippen molar-refractivity contribution in [2.75, 3.05) is 5.32 Å². The second-order valence-corrected chi connectivity index (χ2v) is 9.15. The third-order valence-corrected chi connectivity index (χ3v) is 6.32. The molecule has 5 rings (SSSR count). The van der Waals surface area contributed by atoms with Crippen molar-refractivity contribution >= 4 is 70.7 Å². The van der Waals surface area contributed by atoms with Crippen molar-refractivity contribution in [2.24, 2.45) is 0 Å². The van der Waals surface area contributed by atoms with Gasteiger partial charge in [-0.25, -0.2) is 9.78 Å². The van der Waals surface area contributed by atoms with Crippen LogP contribution in [0.3, 0.4) is 0 Å². The van der Waals surface area contributed by atoms with E-state index in [2.05, 4.69) is 42.2 Å². The smallest absolute Gasteiger partial charge is 0.349 e. The molecule has 0 aliphatic heterocycles. The summed E-state index contributed by atoms with van der Waals surface area (Å²) in [5.41, 5.74) is 1.85. The van der Waals surface area contributed by atoms with Gasteiger partial charge in [0.2, 0.25) is 0 Å². The van der Waals surface area contributed by atoms with Crippen molar-refractivity contribution in [2.45, 2.75) is 0 Å². The van der Waals surface area contributed by atoms with Gasteiger partial charge in [-0.2, -0.15) is 0 Å². The van der Waals surface area contributed by atoms with Gasteiger partial charge in [0.15, 0.2) is 10.5 Å². The van der Waals surface area contributed by atoms with E-state index in [4.69, 9.17) is 4.42 Å². The molecule has 3 heterocycles. The molecule has 2 aromatic carbocycles. The molecule has 9 heteroatoms. The van der Waals surface area contributed by atoms with Crippen LogP contribution in [0.1, 0.15) is 10.4 Å². The zero-order valence-electron chi connectivity index (χ0n) is 15.1. The summed E-state index contributed by atoms with van der Waals surface area (Å²) < 4.78 is 8.73. The van der Waals surface area contributed by atoms with E-state index in [9.17, 15) is 9.59 Å². The zero-order chi connectivity index (χ0) is 20.8. The van der Waals surface area contributed by atoms with E-state index in [1.165, 1.54) is 6.07 Å². The van der Waals surface area contributed by atoms with E-state index in [0.717, 1.165) is 20.7 Å². The quantitative estimate of drug-likeness (QED) is 0.285. The fraction of sp³-hybridized carbons (Fsp3) is 0. The van der Waals surface area contributed by atoms with Crippen LogP contribution in [-0.2, 0) is 0 Å². The van der Waals surface area contributed by atoms with E-state index < -0.39 is 11.5 Å². The Morgan fingerprint density at radius 3 is 2.87 bits per heavy atom. The van der Waals surface area contributed by atoms with Crippen LogP contribution in [0.25, 0.3) is 27.2 Å². The Kier molecular flexibility index (Phi) is 4.80. The number of hydrogen-bond acceptors (Lipinski definition) is 5. The van der Waals surface area contributed by atoms with Crippen molar-refractivity contribution in [1.82, 2.24) is 9.38 Å². The summed E-state index contributed by atoms with van der Waals surface area (Å²) in [7, 11) is 0. The molecule has 1 amide bonds. The van der Waals surface area contributed by atoms with Crippen LogP contribution >= 0.6 is 43.2 Å². The summed E-state index contributed by atoms with van der Waals surface area (Å²) in [6.07, 6.45) is 3.87. The predicted octanol–water partition coefficient (Wildman–Crippen LogP) is 5.95. The molecule has 0 spiro atoms. The molecule has 3 aromatic heterocycles. The van der Waals surface area contributed by atoms with E-state index in [1.54, 1.807) is 29.5 Å². The topological polar surface area (TPSA) is 76.6 Å². The number of thiazole rings is 1. The van der Waals surface area contributed by atoms with E-state index in [0.29, 0.717) is 21.1 Å². The Morgan fingerprint density at radius 2 is 2.03 bits per heavy atom. The molecular weight excluding hydrogens is 534 g/mol. The van der Waals surface area contributed by atoms with Crippen LogP contribution in [-0.4, -0.2) is 15.3 Å². The standard InChI is InChI=1S/C21H11Br2N3O3S/c22-13-6-12-8-15(20(28)29-18(12)16(23)9-13)19(27)24-14-3-1-2-11(7-14)17-10-26-4-5-30-21(26)25-17/h1-10H,(H,24,27). The number of nitrogens with zero attached hydrogens (tertiary/aromatic N) is 2. The molecule has 0 unspecified atom stereocenters. The van der Waals surface area contributed by atoms with Crippen LogP contribution in [0.15, 0.2) is 78.4 Å². The molecule has 30 heavy (non-hydrogen) atoms. The highest BCUT2D eigenvalue weighted by Crippen LogP contribution is 2.28. The van der Waals surface area contributed by atoms with Crippen molar-refractivity contribution in [3.8, 4) is 11.3 Å². The van der Waals surface area contributed by atoms with E-state index in [1.807, 2.05) is 40.4 Å². The first-order valence-corrected chi connectivity index (χ1v) is 11.2. The largest absolute Gasteiger partial charge is 0.421 e. The van der Waals surface area contributed by atoms with Gasteiger partial charge in [0.25, 0.3) is 5.91 Å². The second kappa shape index (κ2) is 7.50. The average Bonchev–Trinajstić information content (AvgIpc) is 3.30. The number of hydrogen-bond donors (Lipinski definition) is 1. The molecular formula is C21H11Br2N3O3S. The van der Waals surface area contributed by atoms with Gasteiger partial charge in [-0.05, 0) is 46.3 Å². The summed E-state index contributed by atoms with van der Waals surface area (Å²) in [4.78, 5) is 30.6. The Balaban J connectivity index is 1.47. The Hall–Kier alpha value is -2.75. The fourth-order valence-electron chi connectivity index (χ4n) is 3.14. The van der Waals surface area contributed by atoms with Crippen molar-refractivity contribution in [3.05, 3.63) is 85.2 Å². The number of amides is 1. The molecule has 0 saturated carbocycles. The summed E-state index contributed by atoms with van der Waals surface area (Å²) in [6.45, 7) is 0. The van der Waals surface area contributed by atoms with Crippen LogP contribution < -0.4 is 10.9 Å². The molecule has 5 aromatic rings. The summed E-state index contributed by atoms with van der Waals surface area (Å²) in [5.74, 6) is -0.537. The number of carbonyl (C=O) groups is 1. The molecule has 0 aliphatic carbocycles. The van der Waals surface area contributed by atoms with Gasteiger partial charge in [0.05, 0.1) is 10.2 Å². The number of carbonyl (C=O) groups excluding carboxylic acids is 1. The number of anilines is 1. The molecule has 148 valence electrons. The molecule has 0 bridgehead atoms. The fourth-order valence-corrected chi connectivity index (χ4v) is 5.18. The lowest BCUT2D eigenvalue weighted by Crippen LogP contribution is -2.20. The van der Waals surface area contributed by atoms with Gasteiger partial charge in [0.1, 0.15) is 5.56 Å². The third kappa shape index (κ3) is 3.49. The summed E-state index contributed by atoms with van der Waals surface area (Å²) in [5, 5.41) is 5.38. The number of imidazole rings is 1. The van der Waals surface area contributed by atoms with Crippen LogP contribution in [0.4, 0.5) is 5.69 Å². The first-order chi connectivity index (χ1) is 14.5. The molecule has 1 N–H and O–H groups in total. The Bertz CT molecular complexity index is 1470. The maximum Gasteiger partial charge on any atom is 0.349 e. The van der Waals surface area contributed by atoms with Gasteiger partial charge in [-0.15, -0.1) is 11.3 Å². The second-order valence-electron chi connectivity index (χ2n) is 6.51. The van der Waals surface area contributed by atoms with Gasteiger partial charge >= 0.3 is 5.63 Å². The average molecular weight is 545 g/mol. The van der Waals surface area contributed by atoms with Crippen LogP contribution in [0, 0.1) is 0 Å². The SMILES string of the molecule is O=C(Nc1cccc(-c2cn3ccsc3n2)c1)c1cc2cc(Br)cc(Br)c2oc1=O. The van der Waals surface area contributed by atoms with Gasteiger partial charge in [0, 0.05) is 38.9 Å². The molecule has 6 nitrogen and oxygen atoms in total. The minimum Gasteiger partial charge on any atom is -0.421 e. The van der Waals surface area contributed by atoms with Crippen molar-refractivity contribution in [1.29, 1.82) is 0 Å². The zero-order valence-corrected chi connectivity index (χ0v) is 19.0. The monoisotopic (exact) mass is 543 g/mol. The number of halogens is 2.